The van der Waals surface area contributed by atoms with Crippen molar-refractivity contribution >= 4 is 0 Å². The van der Waals surface area contributed by atoms with E-state index in [1.165, 1.54) is 12.1 Å². The van der Waals surface area contributed by atoms with E-state index in [1.54, 1.807) is 12.4 Å². The molecule has 2 rings (SSSR count). The summed E-state index contributed by atoms with van der Waals surface area (Å²) in [7, 11) is 0. The fourth-order valence-corrected chi connectivity index (χ4v) is 1.51. The largest absolute Gasteiger partial charge is 0.318 e. The average molecular weight is 205 g/mol. The number of benzene rings is 1. The van der Waals surface area contributed by atoms with E-state index in [2.05, 4.69) is 10.2 Å². The molecule has 0 aliphatic rings. The Morgan fingerprint density at radius 1 is 1.40 bits per heavy atom. The summed E-state index contributed by atoms with van der Waals surface area (Å²) in [5.41, 5.74) is 0.915. The number of halogens is 1. The maximum absolute atomic E-state index is 12.9. The first-order valence-corrected chi connectivity index (χ1v) is 4.90. The Morgan fingerprint density at radius 2 is 2.27 bits per heavy atom. The van der Waals surface area contributed by atoms with Crippen LogP contribution < -0.4 is 0 Å². The second-order valence-electron chi connectivity index (χ2n) is 3.34. The minimum Gasteiger partial charge on any atom is -0.318 e. The minimum absolute atomic E-state index is 0.213. The lowest BCUT2D eigenvalue weighted by atomic mass is 10.1. The third-order valence-corrected chi connectivity index (χ3v) is 2.29. The van der Waals surface area contributed by atoms with Crippen LogP contribution in [0.1, 0.15) is 18.3 Å². The fourth-order valence-electron chi connectivity index (χ4n) is 1.51. The first-order chi connectivity index (χ1) is 7.29. The van der Waals surface area contributed by atoms with Crippen molar-refractivity contribution in [1.82, 2.24) is 14.8 Å². The molecule has 3 nitrogen and oxygen atoms in total. The quantitative estimate of drug-likeness (QED) is 0.767. The highest BCUT2D eigenvalue weighted by Gasteiger charge is 2.04. The molecule has 0 spiro atoms. The number of hydrogen-bond acceptors (Lipinski definition) is 2. The van der Waals surface area contributed by atoms with Gasteiger partial charge < -0.3 is 4.57 Å². The predicted octanol–water partition coefficient (Wildman–Crippen LogP) is 2.03. The molecule has 0 bridgehead atoms. The fraction of sp³-hybridized carbons (Fsp3) is 0.273. The lowest BCUT2D eigenvalue weighted by Gasteiger charge is -2.03. The molecule has 0 atom stereocenters. The lowest BCUT2D eigenvalue weighted by molar-refractivity contribution is 0.625. The van der Waals surface area contributed by atoms with Crippen LogP contribution in [0.5, 0.6) is 0 Å². The van der Waals surface area contributed by atoms with Gasteiger partial charge in [0, 0.05) is 13.0 Å². The first-order valence-electron chi connectivity index (χ1n) is 4.90. The maximum atomic E-state index is 12.9. The Balaban J connectivity index is 2.22. The van der Waals surface area contributed by atoms with Gasteiger partial charge in [0.1, 0.15) is 18.0 Å². The zero-order chi connectivity index (χ0) is 10.7. The summed E-state index contributed by atoms with van der Waals surface area (Å²) in [6.07, 6.45) is 2.31. The normalized spacial score (nSPS) is 10.5. The molecule has 1 aromatic carbocycles. The van der Waals surface area contributed by atoms with Crippen LogP contribution >= 0.6 is 0 Å². The molecule has 4 heteroatoms. The third-order valence-electron chi connectivity index (χ3n) is 2.29. The molecular formula is C11H12FN3. The molecule has 1 heterocycles. The van der Waals surface area contributed by atoms with Crippen LogP contribution in [0.15, 0.2) is 30.6 Å². The van der Waals surface area contributed by atoms with Crippen molar-refractivity contribution in [3.05, 3.63) is 47.8 Å². The molecule has 0 N–H and O–H groups in total. The molecule has 78 valence electrons. The monoisotopic (exact) mass is 205 g/mol. The van der Waals surface area contributed by atoms with Crippen LogP contribution in [0.25, 0.3) is 0 Å². The van der Waals surface area contributed by atoms with Crippen LogP contribution in [-0.4, -0.2) is 14.8 Å². The van der Waals surface area contributed by atoms with Crippen molar-refractivity contribution in [2.75, 3.05) is 0 Å². The van der Waals surface area contributed by atoms with Crippen LogP contribution in [0.4, 0.5) is 4.39 Å². The Labute approximate surface area is 87.6 Å². The van der Waals surface area contributed by atoms with E-state index in [-0.39, 0.29) is 5.82 Å². The molecule has 2 aromatic rings. The Bertz CT molecular complexity index is 451. The summed E-state index contributed by atoms with van der Waals surface area (Å²) in [5, 5.41) is 7.83. The number of hydrogen-bond donors (Lipinski definition) is 0. The summed E-state index contributed by atoms with van der Waals surface area (Å²) in [6, 6.07) is 6.55. The molecule has 0 aliphatic carbocycles. The minimum atomic E-state index is -0.213. The van der Waals surface area contributed by atoms with Crippen molar-refractivity contribution in [2.24, 2.45) is 0 Å². The standard InChI is InChI=1S/C11H12FN3/c1-2-15-8-13-14-11(15)7-9-4-3-5-10(12)6-9/h3-6,8H,2,7H2,1H3. The third kappa shape index (κ3) is 2.21. The van der Waals surface area contributed by atoms with Crippen LogP contribution in [-0.2, 0) is 13.0 Å². The molecule has 0 saturated heterocycles. The van der Waals surface area contributed by atoms with Crippen molar-refractivity contribution in [3.63, 3.8) is 0 Å². The van der Waals surface area contributed by atoms with Gasteiger partial charge in [0.2, 0.25) is 0 Å². The van der Waals surface area contributed by atoms with Gasteiger partial charge in [-0.3, -0.25) is 0 Å². The van der Waals surface area contributed by atoms with Crippen LogP contribution in [0.2, 0.25) is 0 Å². The summed E-state index contributed by atoms with van der Waals surface area (Å²) in [5.74, 6) is 0.651. The van der Waals surface area contributed by atoms with Gasteiger partial charge in [-0.25, -0.2) is 4.39 Å². The molecule has 0 unspecified atom stereocenters. The number of aromatic nitrogens is 3. The van der Waals surface area contributed by atoms with Gasteiger partial charge in [0.25, 0.3) is 0 Å². The highest BCUT2D eigenvalue weighted by Crippen LogP contribution is 2.08. The zero-order valence-electron chi connectivity index (χ0n) is 8.52. The topological polar surface area (TPSA) is 30.7 Å². The highest BCUT2D eigenvalue weighted by molar-refractivity contribution is 5.19. The molecule has 0 radical (unpaired) electrons. The van der Waals surface area contributed by atoms with Gasteiger partial charge in [-0.15, -0.1) is 10.2 Å². The van der Waals surface area contributed by atoms with E-state index in [0.717, 1.165) is 17.9 Å². The number of rotatable bonds is 3. The van der Waals surface area contributed by atoms with Gasteiger partial charge in [-0.1, -0.05) is 12.1 Å². The Morgan fingerprint density at radius 3 is 3.00 bits per heavy atom. The summed E-state index contributed by atoms with van der Waals surface area (Å²) < 4.78 is 14.9. The molecule has 0 fully saturated rings. The SMILES string of the molecule is CCn1cnnc1Cc1cccc(F)c1. The highest BCUT2D eigenvalue weighted by atomic mass is 19.1. The van der Waals surface area contributed by atoms with Crippen LogP contribution in [0, 0.1) is 5.82 Å². The summed E-state index contributed by atoms with van der Waals surface area (Å²) >= 11 is 0. The lowest BCUT2D eigenvalue weighted by Crippen LogP contribution is -2.01. The molecule has 0 saturated carbocycles. The molecule has 15 heavy (non-hydrogen) atoms. The number of aryl methyl sites for hydroxylation is 1. The first kappa shape index (κ1) is 9.83. The zero-order valence-corrected chi connectivity index (χ0v) is 8.52. The smallest absolute Gasteiger partial charge is 0.137 e. The van der Waals surface area contributed by atoms with Crippen molar-refractivity contribution in [1.29, 1.82) is 0 Å². The maximum Gasteiger partial charge on any atom is 0.137 e. The van der Waals surface area contributed by atoms with Gasteiger partial charge in [-0.2, -0.15) is 0 Å². The number of nitrogens with zero attached hydrogens (tertiary/aromatic N) is 3. The molecular weight excluding hydrogens is 193 g/mol. The molecule has 0 aliphatic heterocycles. The van der Waals surface area contributed by atoms with Crippen molar-refractivity contribution in [2.45, 2.75) is 19.9 Å². The summed E-state index contributed by atoms with van der Waals surface area (Å²) in [6.45, 7) is 2.86. The Kier molecular flexibility index (Phi) is 2.76. The van der Waals surface area contributed by atoms with Gasteiger partial charge in [0.15, 0.2) is 0 Å². The van der Waals surface area contributed by atoms with E-state index in [1.807, 2.05) is 17.6 Å². The van der Waals surface area contributed by atoms with Gasteiger partial charge >= 0.3 is 0 Å². The van der Waals surface area contributed by atoms with Crippen molar-refractivity contribution < 1.29 is 4.39 Å². The van der Waals surface area contributed by atoms with Crippen LogP contribution in [0.3, 0.4) is 0 Å². The second kappa shape index (κ2) is 4.21. The Hall–Kier alpha value is -1.71. The van der Waals surface area contributed by atoms with Crippen molar-refractivity contribution in [3.8, 4) is 0 Å². The summed E-state index contributed by atoms with van der Waals surface area (Å²) in [4.78, 5) is 0. The van der Waals surface area contributed by atoms with E-state index in [4.69, 9.17) is 0 Å². The molecule has 1 aromatic heterocycles. The van der Waals surface area contributed by atoms with Gasteiger partial charge in [-0.05, 0) is 24.6 Å². The predicted molar refractivity (Wildman–Crippen MR) is 54.9 cm³/mol. The van der Waals surface area contributed by atoms with E-state index < -0.39 is 0 Å². The van der Waals surface area contributed by atoms with E-state index >= 15 is 0 Å². The average Bonchev–Trinajstić information content (AvgIpc) is 2.65. The second-order valence-corrected chi connectivity index (χ2v) is 3.34. The van der Waals surface area contributed by atoms with E-state index in [0.29, 0.717) is 6.42 Å². The molecule has 0 amide bonds. The van der Waals surface area contributed by atoms with E-state index in [9.17, 15) is 4.39 Å². The van der Waals surface area contributed by atoms with Gasteiger partial charge in [0.05, 0.1) is 0 Å².